The molecule has 0 N–H and O–H groups in total. The normalized spacial score (nSPS) is 10.2. The van der Waals surface area contributed by atoms with Gasteiger partial charge in [-0.25, -0.2) is 0 Å². The van der Waals surface area contributed by atoms with Crippen LogP contribution in [0.4, 0.5) is 0 Å². The molecule has 0 spiro atoms. The molecule has 0 saturated heterocycles. The molecule has 0 aliphatic heterocycles. The lowest BCUT2D eigenvalue weighted by molar-refractivity contribution is 0.661. The Morgan fingerprint density at radius 3 is 2.30 bits per heavy atom. The van der Waals surface area contributed by atoms with Crippen molar-refractivity contribution in [1.29, 1.82) is 0 Å². The molecule has 2 radical (unpaired) electrons. The second kappa shape index (κ2) is 9.00. The SMILES string of the molecule is C[CH]CCCCC[CH]CC. The molecular weight excluding hydrogens is 120 g/mol. The minimum absolute atomic E-state index is 1.24. The fraction of sp³-hybridized carbons (Fsp3) is 0.800. The molecule has 0 heterocycles. The highest BCUT2D eigenvalue weighted by atomic mass is 13.9. The van der Waals surface area contributed by atoms with Gasteiger partial charge in [-0.1, -0.05) is 52.4 Å². The van der Waals surface area contributed by atoms with E-state index in [9.17, 15) is 0 Å². The molecule has 0 heteroatoms. The van der Waals surface area contributed by atoms with Crippen LogP contribution in [0.25, 0.3) is 0 Å². The van der Waals surface area contributed by atoms with Crippen LogP contribution in [-0.2, 0) is 0 Å². The molecule has 0 bridgehead atoms. The van der Waals surface area contributed by atoms with Gasteiger partial charge in [0.15, 0.2) is 0 Å². The highest BCUT2D eigenvalue weighted by molar-refractivity contribution is 4.62. The second-order valence-corrected chi connectivity index (χ2v) is 2.74. The molecule has 0 fully saturated rings. The Morgan fingerprint density at radius 1 is 1.00 bits per heavy atom. The van der Waals surface area contributed by atoms with E-state index < -0.39 is 0 Å². The zero-order valence-corrected chi connectivity index (χ0v) is 7.40. The van der Waals surface area contributed by atoms with E-state index in [1.54, 1.807) is 0 Å². The predicted octanol–water partition coefficient (Wildman–Crippen LogP) is 3.78. The molecule has 0 aromatic rings. The van der Waals surface area contributed by atoms with Gasteiger partial charge in [-0.3, -0.25) is 0 Å². The third-order valence-corrected chi connectivity index (χ3v) is 1.69. The Labute approximate surface area is 66.0 Å². The van der Waals surface area contributed by atoms with Gasteiger partial charge in [0.1, 0.15) is 0 Å². The fourth-order valence-electron chi connectivity index (χ4n) is 1.02. The van der Waals surface area contributed by atoms with Crippen molar-refractivity contribution < 1.29 is 0 Å². The van der Waals surface area contributed by atoms with Crippen LogP contribution >= 0.6 is 0 Å². The van der Waals surface area contributed by atoms with E-state index >= 15 is 0 Å². The zero-order valence-electron chi connectivity index (χ0n) is 7.40. The van der Waals surface area contributed by atoms with E-state index in [-0.39, 0.29) is 0 Å². The average molecular weight is 140 g/mol. The molecule has 60 valence electrons. The van der Waals surface area contributed by atoms with Gasteiger partial charge >= 0.3 is 0 Å². The fourth-order valence-corrected chi connectivity index (χ4v) is 1.02. The van der Waals surface area contributed by atoms with Crippen LogP contribution < -0.4 is 0 Å². The van der Waals surface area contributed by atoms with Gasteiger partial charge in [0.25, 0.3) is 0 Å². The summed E-state index contributed by atoms with van der Waals surface area (Å²) in [7, 11) is 0. The number of rotatable bonds is 7. The zero-order chi connectivity index (χ0) is 7.66. The van der Waals surface area contributed by atoms with Crippen molar-refractivity contribution in [3.05, 3.63) is 12.8 Å². The summed E-state index contributed by atoms with van der Waals surface area (Å²) in [6, 6.07) is 0. The van der Waals surface area contributed by atoms with Crippen LogP contribution in [0.5, 0.6) is 0 Å². The van der Waals surface area contributed by atoms with E-state index in [4.69, 9.17) is 0 Å². The molecule has 0 nitrogen and oxygen atoms in total. The quantitative estimate of drug-likeness (QED) is 0.472. The lowest BCUT2D eigenvalue weighted by atomic mass is 10.1. The highest BCUT2D eigenvalue weighted by Crippen LogP contribution is 2.06. The molecule has 0 atom stereocenters. The van der Waals surface area contributed by atoms with Crippen molar-refractivity contribution in [2.24, 2.45) is 0 Å². The van der Waals surface area contributed by atoms with Crippen LogP contribution in [-0.4, -0.2) is 0 Å². The van der Waals surface area contributed by atoms with Gasteiger partial charge in [0.05, 0.1) is 0 Å². The highest BCUT2D eigenvalue weighted by Gasteiger charge is 1.87. The summed E-state index contributed by atoms with van der Waals surface area (Å²) in [5.74, 6) is 0. The van der Waals surface area contributed by atoms with Crippen molar-refractivity contribution in [2.45, 2.75) is 52.4 Å². The lowest BCUT2D eigenvalue weighted by Gasteiger charge is -1.97. The molecule has 0 aliphatic carbocycles. The predicted molar refractivity (Wildman–Crippen MR) is 47.7 cm³/mol. The summed E-state index contributed by atoms with van der Waals surface area (Å²) >= 11 is 0. The Morgan fingerprint density at radius 2 is 1.70 bits per heavy atom. The van der Waals surface area contributed by atoms with Gasteiger partial charge in [0, 0.05) is 0 Å². The topological polar surface area (TPSA) is 0 Å². The van der Waals surface area contributed by atoms with Crippen molar-refractivity contribution in [2.75, 3.05) is 0 Å². The molecule has 0 aromatic carbocycles. The van der Waals surface area contributed by atoms with Crippen LogP contribution in [0, 0.1) is 12.8 Å². The van der Waals surface area contributed by atoms with Crippen molar-refractivity contribution >= 4 is 0 Å². The first-order valence-corrected chi connectivity index (χ1v) is 4.51. The van der Waals surface area contributed by atoms with Crippen LogP contribution in [0.2, 0.25) is 0 Å². The van der Waals surface area contributed by atoms with Crippen molar-refractivity contribution in [1.82, 2.24) is 0 Å². The summed E-state index contributed by atoms with van der Waals surface area (Å²) in [5, 5.41) is 0. The minimum Gasteiger partial charge on any atom is -0.0651 e. The Hall–Kier alpha value is 0. The number of hydrogen-bond donors (Lipinski definition) is 0. The van der Waals surface area contributed by atoms with Crippen LogP contribution in [0.15, 0.2) is 0 Å². The average Bonchev–Trinajstić information content (AvgIpc) is 1.97. The maximum Gasteiger partial charge on any atom is -0.0389 e. The summed E-state index contributed by atoms with van der Waals surface area (Å²) in [6.45, 7) is 4.35. The number of hydrogen-bond acceptors (Lipinski definition) is 0. The smallest absolute Gasteiger partial charge is 0.0389 e. The standard InChI is InChI=1S/C10H20/c1-3-5-7-9-10-8-6-4-2/h3,6H,4-5,7-10H2,1-2H3. The van der Waals surface area contributed by atoms with Crippen molar-refractivity contribution in [3.63, 3.8) is 0 Å². The summed E-state index contributed by atoms with van der Waals surface area (Å²) < 4.78 is 0. The molecule has 0 amide bonds. The van der Waals surface area contributed by atoms with E-state index in [0.29, 0.717) is 0 Å². The second-order valence-electron chi connectivity index (χ2n) is 2.74. The monoisotopic (exact) mass is 140 g/mol. The van der Waals surface area contributed by atoms with E-state index in [0.717, 1.165) is 0 Å². The third-order valence-electron chi connectivity index (χ3n) is 1.69. The first-order chi connectivity index (χ1) is 4.91. The van der Waals surface area contributed by atoms with E-state index in [2.05, 4.69) is 26.7 Å². The third kappa shape index (κ3) is 8.00. The molecule has 0 aliphatic rings. The minimum atomic E-state index is 1.24. The first-order valence-electron chi connectivity index (χ1n) is 4.51. The van der Waals surface area contributed by atoms with Gasteiger partial charge in [0.2, 0.25) is 0 Å². The van der Waals surface area contributed by atoms with Crippen LogP contribution in [0.1, 0.15) is 52.4 Å². The Bertz CT molecular complexity index is 40.0. The maximum atomic E-state index is 2.37. The first kappa shape index (κ1) is 10.0. The molecule has 0 rings (SSSR count). The summed E-state index contributed by atoms with van der Waals surface area (Å²) in [5.41, 5.74) is 0. The summed E-state index contributed by atoms with van der Waals surface area (Å²) in [6.07, 6.45) is 12.7. The Kier molecular flexibility index (Phi) is 9.00. The maximum absolute atomic E-state index is 2.37. The van der Waals surface area contributed by atoms with Crippen molar-refractivity contribution in [3.8, 4) is 0 Å². The molecule has 0 aromatic heterocycles. The van der Waals surface area contributed by atoms with E-state index in [1.807, 2.05) is 0 Å². The van der Waals surface area contributed by atoms with E-state index in [1.165, 1.54) is 38.5 Å². The molecule has 0 unspecified atom stereocenters. The van der Waals surface area contributed by atoms with Gasteiger partial charge in [-0.15, -0.1) is 0 Å². The van der Waals surface area contributed by atoms with Gasteiger partial charge in [-0.2, -0.15) is 0 Å². The molecule has 10 heavy (non-hydrogen) atoms. The lowest BCUT2D eigenvalue weighted by Crippen LogP contribution is -1.78. The number of unbranched alkanes of at least 4 members (excludes halogenated alkanes) is 7. The molecule has 0 saturated carbocycles. The Balaban J connectivity index is 2.65. The largest absolute Gasteiger partial charge is 0.0651 e. The molecular formula is C10H20. The van der Waals surface area contributed by atoms with Crippen LogP contribution in [0.3, 0.4) is 0 Å². The van der Waals surface area contributed by atoms with Gasteiger partial charge in [-0.05, 0) is 12.8 Å². The summed E-state index contributed by atoms with van der Waals surface area (Å²) in [4.78, 5) is 0. The van der Waals surface area contributed by atoms with Gasteiger partial charge < -0.3 is 0 Å².